The van der Waals surface area contributed by atoms with Gasteiger partial charge in [-0.15, -0.1) is 0 Å². The second kappa shape index (κ2) is 9.19. The van der Waals surface area contributed by atoms with Gasteiger partial charge in [-0.3, -0.25) is 9.36 Å². The summed E-state index contributed by atoms with van der Waals surface area (Å²) in [6, 6.07) is 5.38. The van der Waals surface area contributed by atoms with Crippen LogP contribution in [-0.2, 0) is 9.53 Å². The number of hydrogen-bond donors (Lipinski definition) is 2. The molecule has 2 aromatic rings. The Balaban J connectivity index is 2.09. The molecule has 2 N–H and O–H groups in total. The molecule has 1 aromatic heterocycles. The Morgan fingerprint density at radius 1 is 1.36 bits per heavy atom. The van der Waals surface area contributed by atoms with E-state index >= 15 is 0 Å². The van der Waals surface area contributed by atoms with Gasteiger partial charge >= 0.3 is 5.97 Å². The Labute approximate surface area is 148 Å². The molecule has 0 bridgehead atoms. The SMILES string of the molecule is COCCCNC(=O)CSc1ncc(C(=O)O)n1-c1ccc(F)cc1. The van der Waals surface area contributed by atoms with Crippen molar-refractivity contribution in [2.24, 2.45) is 0 Å². The van der Waals surface area contributed by atoms with Crippen LogP contribution >= 0.6 is 11.8 Å². The van der Waals surface area contributed by atoms with Gasteiger partial charge in [-0.25, -0.2) is 14.2 Å². The number of benzene rings is 1. The predicted octanol–water partition coefficient (Wildman–Crippen LogP) is 1.95. The van der Waals surface area contributed by atoms with Crippen molar-refractivity contribution in [3.63, 3.8) is 0 Å². The zero-order valence-corrected chi connectivity index (χ0v) is 14.4. The maximum atomic E-state index is 13.1. The van der Waals surface area contributed by atoms with Crippen molar-refractivity contribution in [3.8, 4) is 5.69 Å². The lowest BCUT2D eigenvalue weighted by atomic mass is 10.3. The van der Waals surface area contributed by atoms with Gasteiger partial charge in [0, 0.05) is 25.9 Å². The lowest BCUT2D eigenvalue weighted by Gasteiger charge is -2.10. The summed E-state index contributed by atoms with van der Waals surface area (Å²) in [4.78, 5) is 27.3. The zero-order chi connectivity index (χ0) is 18.2. The van der Waals surface area contributed by atoms with Gasteiger partial charge in [0.1, 0.15) is 5.82 Å². The van der Waals surface area contributed by atoms with Crippen molar-refractivity contribution in [2.45, 2.75) is 11.6 Å². The minimum Gasteiger partial charge on any atom is -0.477 e. The van der Waals surface area contributed by atoms with Crippen LogP contribution in [0.15, 0.2) is 35.6 Å². The molecule has 0 aliphatic carbocycles. The molecule has 0 aliphatic heterocycles. The average Bonchev–Trinajstić information content (AvgIpc) is 3.02. The molecule has 1 heterocycles. The lowest BCUT2D eigenvalue weighted by molar-refractivity contribution is -0.118. The van der Waals surface area contributed by atoms with E-state index in [1.54, 1.807) is 7.11 Å². The van der Waals surface area contributed by atoms with Gasteiger partial charge in [-0.1, -0.05) is 11.8 Å². The quantitative estimate of drug-likeness (QED) is 0.520. The van der Waals surface area contributed by atoms with Crippen LogP contribution in [0.3, 0.4) is 0 Å². The van der Waals surface area contributed by atoms with E-state index in [-0.39, 0.29) is 17.4 Å². The summed E-state index contributed by atoms with van der Waals surface area (Å²) in [6.07, 6.45) is 1.92. The number of aromatic carboxylic acids is 1. The molecule has 1 amide bonds. The molecule has 2 rings (SSSR count). The van der Waals surface area contributed by atoms with Crippen molar-refractivity contribution in [1.82, 2.24) is 14.9 Å². The number of nitrogens with one attached hydrogen (secondary N) is 1. The highest BCUT2D eigenvalue weighted by Gasteiger charge is 2.18. The molecule has 0 fully saturated rings. The van der Waals surface area contributed by atoms with E-state index in [2.05, 4.69) is 10.3 Å². The third kappa shape index (κ3) is 5.30. The number of rotatable bonds is 9. The maximum absolute atomic E-state index is 13.1. The van der Waals surface area contributed by atoms with Crippen LogP contribution in [0.5, 0.6) is 0 Å². The molecule has 0 spiro atoms. The Morgan fingerprint density at radius 3 is 2.72 bits per heavy atom. The monoisotopic (exact) mass is 367 g/mol. The largest absolute Gasteiger partial charge is 0.477 e. The van der Waals surface area contributed by atoms with E-state index < -0.39 is 11.8 Å². The van der Waals surface area contributed by atoms with Crippen molar-refractivity contribution in [1.29, 1.82) is 0 Å². The number of halogens is 1. The Bertz CT molecular complexity index is 733. The summed E-state index contributed by atoms with van der Waals surface area (Å²) < 4.78 is 19.4. The van der Waals surface area contributed by atoms with E-state index in [4.69, 9.17) is 4.74 Å². The van der Waals surface area contributed by atoms with Gasteiger partial charge in [0.2, 0.25) is 5.91 Å². The molecular formula is C16H18FN3O4S. The second-order valence-electron chi connectivity index (χ2n) is 5.03. The first-order chi connectivity index (χ1) is 12.0. The second-order valence-corrected chi connectivity index (χ2v) is 5.97. The minimum atomic E-state index is -1.16. The highest BCUT2D eigenvalue weighted by molar-refractivity contribution is 7.99. The third-order valence-electron chi connectivity index (χ3n) is 3.21. The summed E-state index contributed by atoms with van der Waals surface area (Å²) in [6.45, 7) is 1.06. The molecule has 0 unspecified atom stereocenters. The van der Waals surface area contributed by atoms with Crippen molar-refractivity contribution < 1.29 is 23.8 Å². The van der Waals surface area contributed by atoms with Crippen LogP contribution in [0, 0.1) is 5.82 Å². The van der Waals surface area contributed by atoms with E-state index in [1.807, 2.05) is 0 Å². The van der Waals surface area contributed by atoms with Crippen LogP contribution in [0.25, 0.3) is 5.69 Å². The van der Waals surface area contributed by atoms with Gasteiger partial charge in [0.25, 0.3) is 0 Å². The number of thioether (sulfide) groups is 1. The molecule has 0 atom stereocenters. The van der Waals surface area contributed by atoms with Crippen molar-refractivity contribution in [3.05, 3.63) is 42.0 Å². The number of imidazole rings is 1. The zero-order valence-electron chi connectivity index (χ0n) is 13.6. The Morgan fingerprint density at radius 2 is 2.08 bits per heavy atom. The van der Waals surface area contributed by atoms with Gasteiger partial charge in [-0.05, 0) is 30.7 Å². The Kier molecular flexibility index (Phi) is 6.96. The van der Waals surface area contributed by atoms with Crippen molar-refractivity contribution >= 4 is 23.6 Å². The van der Waals surface area contributed by atoms with Crippen LogP contribution < -0.4 is 5.32 Å². The first-order valence-electron chi connectivity index (χ1n) is 7.48. The summed E-state index contributed by atoms with van der Waals surface area (Å²) in [5.74, 6) is -1.69. The Hall–Kier alpha value is -2.39. The van der Waals surface area contributed by atoms with E-state index in [1.165, 1.54) is 35.0 Å². The molecule has 25 heavy (non-hydrogen) atoms. The fourth-order valence-corrected chi connectivity index (χ4v) is 2.88. The summed E-state index contributed by atoms with van der Waals surface area (Å²) in [5, 5.41) is 12.4. The molecule has 0 saturated carbocycles. The predicted molar refractivity (Wildman–Crippen MR) is 90.7 cm³/mol. The molecular weight excluding hydrogens is 349 g/mol. The highest BCUT2D eigenvalue weighted by Crippen LogP contribution is 2.23. The lowest BCUT2D eigenvalue weighted by Crippen LogP contribution is -2.27. The molecule has 134 valence electrons. The van der Waals surface area contributed by atoms with Crippen LogP contribution in [0.4, 0.5) is 4.39 Å². The van der Waals surface area contributed by atoms with Gasteiger partial charge in [0.05, 0.1) is 11.9 Å². The topological polar surface area (TPSA) is 93.4 Å². The first kappa shape index (κ1) is 18.9. The summed E-state index contributed by atoms with van der Waals surface area (Å²) >= 11 is 1.11. The van der Waals surface area contributed by atoms with Crippen molar-refractivity contribution in [2.75, 3.05) is 26.0 Å². The number of carboxylic acid groups (broad SMARTS) is 1. The van der Waals surface area contributed by atoms with Crippen LogP contribution in [0.1, 0.15) is 16.9 Å². The number of carbonyl (C=O) groups is 2. The number of carboxylic acids is 1. The van der Waals surface area contributed by atoms with Gasteiger partial charge in [0.15, 0.2) is 10.9 Å². The summed E-state index contributed by atoms with van der Waals surface area (Å²) in [7, 11) is 1.59. The number of aromatic nitrogens is 2. The third-order valence-corrected chi connectivity index (χ3v) is 4.17. The standard InChI is InChI=1S/C16H18FN3O4S/c1-24-8-2-7-18-14(21)10-25-16-19-9-13(15(22)23)20(16)12-5-3-11(17)4-6-12/h3-6,9H,2,7-8,10H2,1H3,(H,18,21)(H,22,23). The minimum absolute atomic E-state index is 0.0605. The molecule has 0 saturated heterocycles. The van der Waals surface area contributed by atoms with E-state index in [0.29, 0.717) is 30.4 Å². The average molecular weight is 367 g/mol. The number of hydrogen-bond acceptors (Lipinski definition) is 5. The van der Waals surface area contributed by atoms with E-state index in [0.717, 1.165) is 11.8 Å². The van der Waals surface area contributed by atoms with Gasteiger partial charge in [-0.2, -0.15) is 0 Å². The number of ether oxygens (including phenoxy) is 1. The fourth-order valence-electron chi connectivity index (χ4n) is 2.05. The normalized spacial score (nSPS) is 10.6. The van der Waals surface area contributed by atoms with Crippen LogP contribution in [0.2, 0.25) is 0 Å². The number of nitrogens with zero attached hydrogens (tertiary/aromatic N) is 2. The molecule has 7 nitrogen and oxygen atoms in total. The van der Waals surface area contributed by atoms with E-state index in [9.17, 15) is 19.1 Å². The number of carbonyl (C=O) groups excluding carboxylic acids is 1. The maximum Gasteiger partial charge on any atom is 0.354 e. The molecule has 1 aromatic carbocycles. The highest BCUT2D eigenvalue weighted by atomic mass is 32.2. The summed E-state index contributed by atoms with van der Waals surface area (Å²) in [5.41, 5.74) is 0.397. The van der Waals surface area contributed by atoms with Crippen LogP contribution in [-0.4, -0.2) is 52.5 Å². The molecule has 9 heteroatoms. The molecule has 0 aliphatic rings. The van der Waals surface area contributed by atoms with Gasteiger partial charge < -0.3 is 15.2 Å². The first-order valence-corrected chi connectivity index (χ1v) is 8.47. The fraction of sp³-hybridized carbons (Fsp3) is 0.312. The molecule has 0 radical (unpaired) electrons. The number of amides is 1. The number of methoxy groups -OCH3 is 1. The smallest absolute Gasteiger partial charge is 0.354 e.